The molecule has 0 heterocycles. The molecule has 0 radical (unpaired) electrons. The molecule has 0 bridgehead atoms. The number of rotatable bonds is 12. The largest absolute Gasteiger partial charge is 0.481 e. The molecule has 5 heteroatoms. The number of allylic oxidation sites excluding steroid dienone is 1. The molecule has 0 aromatic heterocycles. The van der Waals surface area contributed by atoms with Crippen molar-refractivity contribution in [1.29, 1.82) is 0 Å². The molecule has 3 atom stereocenters. The highest BCUT2D eigenvalue weighted by Crippen LogP contribution is 2.43. The highest BCUT2D eigenvalue weighted by atomic mass is 16.4. The average Bonchev–Trinajstić information content (AvgIpc) is 3.01. The van der Waals surface area contributed by atoms with Crippen LogP contribution in [-0.4, -0.2) is 39.8 Å². The van der Waals surface area contributed by atoms with Crippen LogP contribution in [0.2, 0.25) is 0 Å². The van der Waals surface area contributed by atoms with Crippen LogP contribution in [0.3, 0.4) is 0 Å². The Morgan fingerprint density at radius 3 is 2.68 bits per heavy atom. The van der Waals surface area contributed by atoms with E-state index >= 15 is 0 Å². The Balaban J connectivity index is 2.96. The Labute approximate surface area is 150 Å². The first kappa shape index (κ1) is 21.6. The predicted octanol–water partition coefficient (Wildman–Crippen LogP) is 3.25. The molecule has 3 N–H and O–H groups in total. The molecule has 1 aliphatic carbocycles. The van der Waals surface area contributed by atoms with E-state index in [0.29, 0.717) is 25.7 Å². The third-order valence-corrected chi connectivity index (χ3v) is 5.04. The molecular weight excluding hydrogens is 320 g/mol. The Morgan fingerprint density at radius 1 is 1.36 bits per heavy atom. The lowest BCUT2D eigenvalue weighted by Crippen LogP contribution is -2.39. The van der Waals surface area contributed by atoms with Crippen LogP contribution in [0.5, 0.6) is 0 Å². The third kappa shape index (κ3) is 6.40. The maximum atomic E-state index is 12.3. The molecule has 0 amide bonds. The summed E-state index contributed by atoms with van der Waals surface area (Å²) in [6, 6.07) is 0. The zero-order chi connectivity index (χ0) is 18.7. The van der Waals surface area contributed by atoms with Crippen molar-refractivity contribution in [2.45, 2.75) is 70.8 Å². The number of carboxylic acids is 1. The molecule has 142 valence electrons. The van der Waals surface area contributed by atoms with Gasteiger partial charge in [-0.25, -0.2) is 0 Å². The Morgan fingerprint density at radius 2 is 2.12 bits per heavy atom. The van der Waals surface area contributed by atoms with Gasteiger partial charge in [-0.1, -0.05) is 50.5 Å². The van der Waals surface area contributed by atoms with Crippen LogP contribution in [0, 0.1) is 11.3 Å². The van der Waals surface area contributed by atoms with Gasteiger partial charge in [0.25, 0.3) is 0 Å². The lowest BCUT2D eigenvalue weighted by molar-refractivity contribution is -0.152. The van der Waals surface area contributed by atoms with Crippen molar-refractivity contribution in [3.8, 4) is 0 Å². The normalized spacial score (nSPS) is 21.9. The summed E-state index contributed by atoms with van der Waals surface area (Å²) < 4.78 is 0. The number of aliphatic hydroxyl groups excluding tert-OH is 2. The van der Waals surface area contributed by atoms with E-state index in [1.54, 1.807) is 24.3 Å². The summed E-state index contributed by atoms with van der Waals surface area (Å²) in [5.74, 6) is -1.55. The predicted molar refractivity (Wildman–Crippen MR) is 97.2 cm³/mol. The Kier molecular flexibility index (Phi) is 9.68. The smallest absolute Gasteiger partial charge is 0.314 e. The minimum Gasteiger partial charge on any atom is -0.481 e. The topological polar surface area (TPSA) is 94.8 Å². The Bertz CT molecular complexity index is 482. The molecule has 0 aromatic rings. The highest BCUT2D eigenvalue weighted by molar-refractivity contribution is 5.91. The van der Waals surface area contributed by atoms with Gasteiger partial charge in [-0.05, 0) is 32.1 Å². The number of Topliss-reactive ketones (excluding diaryl/α,β-unsaturated/α-hetero) is 1. The van der Waals surface area contributed by atoms with Gasteiger partial charge in [0.15, 0.2) is 0 Å². The second kappa shape index (κ2) is 11.2. The summed E-state index contributed by atoms with van der Waals surface area (Å²) in [5, 5.41) is 28.9. The third-order valence-electron chi connectivity index (χ3n) is 5.04. The second-order valence-electron chi connectivity index (χ2n) is 6.87. The lowest BCUT2D eigenvalue weighted by atomic mass is 9.70. The van der Waals surface area contributed by atoms with E-state index in [1.165, 1.54) is 0 Å². The fraction of sp³-hybridized carbons (Fsp3) is 0.700. The van der Waals surface area contributed by atoms with Gasteiger partial charge >= 0.3 is 5.97 Å². The molecule has 0 saturated heterocycles. The molecule has 1 fully saturated rings. The summed E-state index contributed by atoms with van der Waals surface area (Å²) in [7, 11) is 0. The van der Waals surface area contributed by atoms with Crippen LogP contribution in [-0.2, 0) is 9.59 Å². The van der Waals surface area contributed by atoms with E-state index in [4.69, 9.17) is 5.11 Å². The van der Waals surface area contributed by atoms with Gasteiger partial charge in [0.1, 0.15) is 5.78 Å². The number of carbonyl (C=O) groups excluding carboxylic acids is 1. The maximum Gasteiger partial charge on any atom is 0.314 e. The summed E-state index contributed by atoms with van der Waals surface area (Å²) >= 11 is 0. The number of aliphatic hydroxyl groups is 2. The van der Waals surface area contributed by atoms with E-state index in [0.717, 1.165) is 25.7 Å². The molecule has 0 aliphatic heterocycles. The van der Waals surface area contributed by atoms with Crippen molar-refractivity contribution in [1.82, 2.24) is 0 Å². The first-order valence-electron chi connectivity index (χ1n) is 9.37. The van der Waals surface area contributed by atoms with Crippen LogP contribution in [0.1, 0.15) is 64.7 Å². The van der Waals surface area contributed by atoms with Crippen molar-refractivity contribution >= 4 is 11.8 Å². The molecule has 0 aromatic carbocycles. The van der Waals surface area contributed by atoms with Crippen LogP contribution in [0.25, 0.3) is 0 Å². The van der Waals surface area contributed by atoms with E-state index in [-0.39, 0.29) is 18.8 Å². The van der Waals surface area contributed by atoms with Crippen molar-refractivity contribution in [3.63, 3.8) is 0 Å². The van der Waals surface area contributed by atoms with Crippen molar-refractivity contribution in [3.05, 3.63) is 24.3 Å². The SMILES string of the molecule is CCCCC[C@H](O)/C=C\[C@@](CC/C=C/CO)(C(=O)O)[C@H]1CCCC1=O. The van der Waals surface area contributed by atoms with Crippen LogP contribution >= 0.6 is 0 Å². The molecule has 1 rings (SSSR count). The van der Waals surface area contributed by atoms with Crippen LogP contribution < -0.4 is 0 Å². The highest BCUT2D eigenvalue weighted by Gasteiger charge is 2.48. The van der Waals surface area contributed by atoms with Crippen LogP contribution in [0.15, 0.2) is 24.3 Å². The van der Waals surface area contributed by atoms with Gasteiger partial charge in [0.05, 0.1) is 18.1 Å². The Hall–Kier alpha value is -1.46. The standard InChI is InChI=1S/C20H32O5/c1-2-3-5-9-16(22)12-14-20(19(24)25,13-6-4-7-15-21)17-10-8-11-18(17)23/h4,7,12,14,16-17,21-22H,2-3,5-6,8-11,13,15H2,1H3,(H,24,25)/b7-4+,14-12-/t16-,17-,20+/m0/s1. The zero-order valence-electron chi connectivity index (χ0n) is 15.2. The summed E-state index contributed by atoms with van der Waals surface area (Å²) in [6.45, 7) is 2.00. The number of unbranched alkanes of at least 4 members (excludes halogenated alkanes) is 2. The van der Waals surface area contributed by atoms with Crippen LogP contribution in [0.4, 0.5) is 0 Å². The van der Waals surface area contributed by atoms with Gasteiger partial charge in [0, 0.05) is 12.3 Å². The second-order valence-corrected chi connectivity index (χ2v) is 6.87. The maximum absolute atomic E-state index is 12.3. The zero-order valence-corrected chi connectivity index (χ0v) is 15.2. The average molecular weight is 352 g/mol. The lowest BCUT2D eigenvalue weighted by Gasteiger charge is -2.31. The molecule has 1 saturated carbocycles. The number of hydrogen-bond acceptors (Lipinski definition) is 4. The molecule has 0 spiro atoms. The van der Waals surface area contributed by atoms with Crippen molar-refractivity contribution in [2.75, 3.05) is 6.61 Å². The minimum absolute atomic E-state index is 0.00124. The van der Waals surface area contributed by atoms with Gasteiger partial charge in [-0.2, -0.15) is 0 Å². The van der Waals surface area contributed by atoms with Gasteiger partial charge in [-0.15, -0.1) is 0 Å². The molecule has 25 heavy (non-hydrogen) atoms. The van der Waals surface area contributed by atoms with Crippen molar-refractivity contribution < 1.29 is 24.9 Å². The van der Waals surface area contributed by atoms with Gasteiger partial charge < -0.3 is 15.3 Å². The monoisotopic (exact) mass is 352 g/mol. The molecular formula is C20H32O5. The summed E-state index contributed by atoms with van der Waals surface area (Å²) in [5.41, 5.74) is -1.28. The quantitative estimate of drug-likeness (QED) is 0.370. The fourth-order valence-corrected chi connectivity index (χ4v) is 3.56. The summed E-state index contributed by atoms with van der Waals surface area (Å²) in [4.78, 5) is 24.4. The van der Waals surface area contributed by atoms with Gasteiger partial charge in [0.2, 0.25) is 0 Å². The number of hydrogen-bond donors (Lipinski definition) is 3. The van der Waals surface area contributed by atoms with Crippen molar-refractivity contribution in [2.24, 2.45) is 11.3 Å². The summed E-state index contributed by atoms with van der Waals surface area (Å²) in [6.07, 6.45) is 11.8. The van der Waals surface area contributed by atoms with E-state index < -0.39 is 23.4 Å². The van der Waals surface area contributed by atoms with E-state index in [9.17, 15) is 19.8 Å². The van der Waals surface area contributed by atoms with E-state index in [1.807, 2.05) is 0 Å². The minimum atomic E-state index is -1.28. The van der Waals surface area contributed by atoms with E-state index in [2.05, 4.69) is 6.92 Å². The fourth-order valence-electron chi connectivity index (χ4n) is 3.56. The number of carboxylic acid groups (broad SMARTS) is 1. The molecule has 1 aliphatic rings. The number of carbonyl (C=O) groups is 2. The van der Waals surface area contributed by atoms with Gasteiger partial charge in [-0.3, -0.25) is 9.59 Å². The molecule has 5 nitrogen and oxygen atoms in total. The first-order chi connectivity index (χ1) is 12.0. The number of aliphatic carboxylic acids is 1. The molecule has 0 unspecified atom stereocenters. The first-order valence-corrected chi connectivity index (χ1v) is 9.37. The number of ketones is 1.